The first-order valence-electron chi connectivity index (χ1n) is 7.01. The molecule has 1 aliphatic rings. The second-order valence-electron chi connectivity index (χ2n) is 5.02. The summed E-state index contributed by atoms with van der Waals surface area (Å²) in [7, 11) is 0. The molecule has 0 saturated carbocycles. The average Bonchev–Trinajstić information content (AvgIpc) is 3.03. The monoisotopic (exact) mass is 352 g/mol. The average molecular weight is 352 g/mol. The van der Waals surface area contributed by atoms with Crippen LogP contribution in [0.5, 0.6) is 11.5 Å². The normalized spacial score (nSPS) is 12.6. The first-order chi connectivity index (χ1) is 11.9. The number of urea groups is 1. The first-order valence-corrected chi connectivity index (χ1v) is 7.01. The van der Waals surface area contributed by atoms with Crippen LogP contribution in [0.25, 0.3) is 0 Å². The summed E-state index contributed by atoms with van der Waals surface area (Å²) in [5.74, 6) is 0.956. The number of hydrogen-bond donors (Lipinski definition) is 1. The number of benzene rings is 2. The molecular weight excluding hydrogens is 341 g/mol. The van der Waals surface area contributed by atoms with Crippen molar-refractivity contribution >= 4 is 23.8 Å². The number of fused-ring (bicyclic) bond motifs is 1. The van der Waals surface area contributed by atoms with Crippen LogP contribution in [0.4, 0.5) is 29.3 Å². The lowest BCUT2D eigenvalue weighted by Crippen LogP contribution is -2.33. The Labute approximate surface area is 139 Å². The number of hydrogen-bond acceptors (Lipinski definition) is 4. The van der Waals surface area contributed by atoms with Gasteiger partial charge < -0.3 is 14.8 Å². The summed E-state index contributed by atoms with van der Waals surface area (Å²) in [6.45, 7) is 0.0682. The minimum absolute atomic E-state index is 0.00115. The van der Waals surface area contributed by atoms with Gasteiger partial charge in [0, 0.05) is 11.8 Å². The summed E-state index contributed by atoms with van der Waals surface area (Å²) in [5.41, 5.74) is -0.535. The van der Waals surface area contributed by atoms with Gasteiger partial charge in [-0.1, -0.05) is 0 Å². The third kappa shape index (κ3) is 3.49. The molecule has 2 aromatic rings. The van der Waals surface area contributed by atoms with Gasteiger partial charge in [-0.2, -0.15) is 13.2 Å². The highest BCUT2D eigenvalue weighted by Gasteiger charge is 2.30. The Bertz CT molecular complexity index is 806. The van der Waals surface area contributed by atoms with Crippen molar-refractivity contribution in [3.8, 4) is 11.5 Å². The number of carbonyl (C=O) groups excluding carboxylic acids is 2. The van der Waals surface area contributed by atoms with Gasteiger partial charge in [0.15, 0.2) is 11.5 Å². The zero-order chi connectivity index (χ0) is 18.0. The number of carbonyl (C=O) groups is 2. The van der Waals surface area contributed by atoms with Crippen LogP contribution in [0, 0.1) is 0 Å². The van der Waals surface area contributed by atoms with E-state index >= 15 is 0 Å². The van der Waals surface area contributed by atoms with Crippen molar-refractivity contribution < 1.29 is 32.2 Å². The van der Waals surface area contributed by atoms with Crippen molar-refractivity contribution in [3.63, 3.8) is 0 Å². The second-order valence-corrected chi connectivity index (χ2v) is 5.02. The van der Waals surface area contributed by atoms with Crippen molar-refractivity contribution in [2.75, 3.05) is 17.0 Å². The molecule has 0 radical (unpaired) electrons. The molecule has 0 aromatic heterocycles. The molecule has 1 N–H and O–H groups in total. The van der Waals surface area contributed by atoms with E-state index in [0.717, 1.165) is 24.3 Å². The van der Waals surface area contributed by atoms with E-state index in [1.54, 1.807) is 12.1 Å². The lowest BCUT2D eigenvalue weighted by Gasteiger charge is -2.17. The Kier molecular flexibility index (Phi) is 4.22. The van der Waals surface area contributed by atoms with Crippen LogP contribution >= 0.6 is 0 Å². The van der Waals surface area contributed by atoms with Crippen LogP contribution in [-0.2, 0) is 11.0 Å². The maximum atomic E-state index is 12.6. The first kappa shape index (κ1) is 16.6. The number of ether oxygens (including phenoxy) is 2. The zero-order valence-corrected chi connectivity index (χ0v) is 12.5. The molecule has 0 fully saturated rings. The van der Waals surface area contributed by atoms with Crippen LogP contribution < -0.4 is 19.7 Å². The van der Waals surface area contributed by atoms with Crippen molar-refractivity contribution in [2.24, 2.45) is 0 Å². The van der Waals surface area contributed by atoms with E-state index in [1.165, 1.54) is 6.07 Å². The number of anilines is 2. The van der Waals surface area contributed by atoms with Gasteiger partial charge in [-0.25, -0.2) is 9.69 Å². The predicted octanol–water partition coefficient (Wildman–Crippen LogP) is 3.63. The lowest BCUT2D eigenvalue weighted by molar-refractivity contribution is -0.137. The van der Waals surface area contributed by atoms with Gasteiger partial charge >= 0.3 is 12.2 Å². The molecule has 130 valence electrons. The van der Waals surface area contributed by atoms with E-state index in [-0.39, 0.29) is 18.9 Å². The number of nitrogens with zero attached hydrogens (tertiary/aromatic N) is 1. The summed E-state index contributed by atoms with van der Waals surface area (Å²) < 4.78 is 48.0. The molecule has 3 rings (SSSR count). The molecule has 6 nitrogen and oxygen atoms in total. The SMILES string of the molecule is O=CN(C(=O)Nc1ccc2c(c1)OCO2)c1ccc(C(F)(F)F)cc1. The highest BCUT2D eigenvalue weighted by atomic mass is 19.4. The topological polar surface area (TPSA) is 67.9 Å². The number of alkyl halides is 3. The highest BCUT2D eigenvalue weighted by molar-refractivity contribution is 6.12. The lowest BCUT2D eigenvalue weighted by atomic mass is 10.2. The summed E-state index contributed by atoms with van der Waals surface area (Å²) in [6, 6.07) is 7.47. The van der Waals surface area contributed by atoms with Crippen LogP contribution in [0.15, 0.2) is 42.5 Å². The largest absolute Gasteiger partial charge is 0.454 e. The van der Waals surface area contributed by atoms with E-state index < -0.39 is 17.8 Å². The fourth-order valence-corrected chi connectivity index (χ4v) is 2.19. The van der Waals surface area contributed by atoms with Crippen LogP contribution in [0.3, 0.4) is 0 Å². The van der Waals surface area contributed by atoms with Gasteiger partial charge in [-0.05, 0) is 36.4 Å². The molecule has 0 bridgehead atoms. The molecule has 25 heavy (non-hydrogen) atoms. The smallest absolute Gasteiger partial charge is 0.416 e. The van der Waals surface area contributed by atoms with Gasteiger partial charge in [0.1, 0.15) is 0 Å². The highest BCUT2D eigenvalue weighted by Crippen LogP contribution is 2.34. The molecule has 1 heterocycles. The maximum Gasteiger partial charge on any atom is 0.416 e. The van der Waals surface area contributed by atoms with E-state index in [9.17, 15) is 22.8 Å². The van der Waals surface area contributed by atoms with Gasteiger partial charge in [0.2, 0.25) is 13.2 Å². The van der Waals surface area contributed by atoms with Crippen molar-refractivity contribution in [3.05, 3.63) is 48.0 Å². The third-order valence-electron chi connectivity index (χ3n) is 3.42. The molecule has 0 unspecified atom stereocenters. The minimum atomic E-state index is -4.50. The molecule has 0 saturated heterocycles. The number of nitrogens with one attached hydrogen (secondary N) is 1. The number of halogens is 3. The molecule has 1 aliphatic heterocycles. The van der Waals surface area contributed by atoms with Crippen molar-refractivity contribution in [1.29, 1.82) is 0 Å². The summed E-state index contributed by atoms with van der Waals surface area (Å²) >= 11 is 0. The van der Waals surface area contributed by atoms with Gasteiger partial charge in [0.05, 0.1) is 11.3 Å². The summed E-state index contributed by atoms with van der Waals surface area (Å²) in [6.07, 6.45) is -4.29. The second kappa shape index (κ2) is 6.34. The minimum Gasteiger partial charge on any atom is -0.454 e. The molecule has 0 atom stereocenters. The van der Waals surface area contributed by atoms with Crippen LogP contribution in [0.2, 0.25) is 0 Å². The standard InChI is InChI=1S/C16H11F3N2O4/c17-16(18,19)10-1-4-12(5-2-10)21(8-22)15(23)20-11-3-6-13-14(7-11)25-9-24-13/h1-8H,9H2,(H,20,23). The quantitative estimate of drug-likeness (QED) is 0.857. The third-order valence-corrected chi connectivity index (χ3v) is 3.42. The molecule has 0 aliphatic carbocycles. The van der Waals surface area contributed by atoms with E-state index in [4.69, 9.17) is 9.47 Å². The summed E-state index contributed by atoms with van der Waals surface area (Å²) in [4.78, 5) is 24.1. The molecule has 0 spiro atoms. The number of amides is 3. The molecular formula is C16H11F3N2O4. The molecule has 2 aromatic carbocycles. The van der Waals surface area contributed by atoms with Gasteiger partial charge in [0.25, 0.3) is 0 Å². The Morgan fingerprint density at radius 1 is 1.08 bits per heavy atom. The van der Waals surface area contributed by atoms with Crippen LogP contribution in [-0.4, -0.2) is 19.2 Å². The van der Waals surface area contributed by atoms with Crippen LogP contribution in [0.1, 0.15) is 5.56 Å². The Morgan fingerprint density at radius 3 is 2.40 bits per heavy atom. The number of imide groups is 1. The Hall–Kier alpha value is -3.23. The molecule has 3 amide bonds. The van der Waals surface area contributed by atoms with E-state index in [0.29, 0.717) is 22.1 Å². The van der Waals surface area contributed by atoms with E-state index in [2.05, 4.69) is 5.32 Å². The maximum absolute atomic E-state index is 12.6. The van der Waals surface area contributed by atoms with Crippen molar-refractivity contribution in [1.82, 2.24) is 0 Å². The fourth-order valence-electron chi connectivity index (χ4n) is 2.19. The Balaban J connectivity index is 1.76. The fraction of sp³-hybridized carbons (Fsp3) is 0.125. The zero-order valence-electron chi connectivity index (χ0n) is 12.5. The summed E-state index contributed by atoms with van der Waals surface area (Å²) in [5, 5.41) is 2.46. The van der Waals surface area contributed by atoms with E-state index in [1.807, 2.05) is 0 Å². The molecule has 9 heteroatoms. The van der Waals surface area contributed by atoms with Gasteiger partial charge in [-0.15, -0.1) is 0 Å². The number of rotatable bonds is 3. The predicted molar refractivity (Wildman–Crippen MR) is 81.6 cm³/mol. The van der Waals surface area contributed by atoms with Gasteiger partial charge in [-0.3, -0.25) is 4.79 Å². The Morgan fingerprint density at radius 2 is 1.76 bits per heavy atom. The van der Waals surface area contributed by atoms with Crippen molar-refractivity contribution in [2.45, 2.75) is 6.18 Å².